The van der Waals surface area contributed by atoms with Crippen molar-refractivity contribution in [2.24, 2.45) is 0 Å². The van der Waals surface area contributed by atoms with E-state index in [0.717, 1.165) is 25.3 Å². The maximum atomic E-state index is 4.32. The van der Waals surface area contributed by atoms with Crippen molar-refractivity contribution < 1.29 is 0 Å². The van der Waals surface area contributed by atoms with Crippen LogP contribution in [0.1, 0.15) is 17.7 Å². The highest BCUT2D eigenvalue weighted by atomic mass is 35.5. The summed E-state index contributed by atoms with van der Waals surface area (Å²) in [6.45, 7) is 5.30. The largest absolute Gasteiger partial charge is 0.315 e. The Morgan fingerprint density at radius 2 is 2.31 bits per heavy atom. The van der Waals surface area contributed by atoms with Gasteiger partial charge < -0.3 is 5.32 Å². The Hall–Kier alpha value is -0.640. The molecule has 0 amide bonds. The van der Waals surface area contributed by atoms with Gasteiger partial charge in [0.25, 0.3) is 0 Å². The Labute approximate surface area is 104 Å². The SMILES string of the molecule is Cc1ccc(CN(C)C2CCNC2)cn1.Cl. The van der Waals surface area contributed by atoms with Gasteiger partial charge in [-0.25, -0.2) is 0 Å². The lowest BCUT2D eigenvalue weighted by Gasteiger charge is -2.23. The minimum absolute atomic E-state index is 0. The normalized spacial score (nSPS) is 19.8. The van der Waals surface area contributed by atoms with E-state index in [-0.39, 0.29) is 12.4 Å². The third kappa shape index (κ3) is 3.44. The Morgan fingerprint density at radius 1 is 1.50 bits per heavy atom. The predicted octanol–water partition coefficient (Wildman–Crippen LogP) is 1.61. The molecule has 1 unspecified atom stereocenters. The van der Waals surface area contributed by atoms with Crippen molar-refractivity contribution in [3.63, 3.8) is 0 Å². The van der Waals surface area contributed by atoms with Gasteiger partial charge in [-0.1, -0.05) is 6.07 Å². The molecule has 16 heavy (non-hydrogen) atoms. The second-order valence-corrected chi connectivity index (χ2v) is 4.37. The van der Waals surface area contributed by atoms with E-state index in [2.05, 4.69) is 34.4 Å². The number of rotatable bonds is 3. The molecular weight excluding hydrogens is 222 g/mol. The molecule has 1 N–H and O–H groups in total. The van der Waals surface area contributed by atoms with Crippen LogP contribution in [0.4, 0.5) is 0 Å². The number of halogens is 1. The van der Waals surface area contributed by atoms with Gasteiger partial charge in [0.05, 0.1) is 0 Å². The van der Waals surface area contributed by atoms with Gasteiger partial charge in [0.15, 0.2) is 0 Å². The summed E-state index contributed by atoms with van der Waals surface area (Å²) in [6.07, 6.45) is 3.24. The number of aromatic nitrogens is 1. The third-order valence-electron chi connectivity index (χ3n) is 3.06. The first-order chi connectivity index (χ1) is 7.25. The monoisotopic (exact) mass is 241 g/mol. The van der Waals surface area contributed by atoms with Crippen LogP contribution < -0.4 is 5.32 Å². The molecule has 0 radical (unpaired) electrons. The van der Waals surface area contributed by atoms with E-state index >= 15 is 0 Å². The molecule has 1 aromatic heterocycles. The molecule has 4 heteroatoms. The van der Waals surface area contributed by atoms with Gasteiger partial charge >= 0.3 is 0 Å². The smallest absolute Gasteiger partial charge is 0.0372 e. The van der Waals surface area contributed by atoms with Crippen LogP contribution in [0, 0.1) is 6.92 Å². The fourth-order valence-corrected chi connectivity index (χ4v) is 2.02. The van der Waals surface area contributed by atoms with Crippen LogP contribution in [-0.4, -0.2) is 36.1 Å². The summed E-state index contributed by atoms with van der Waals surface area (Å²) >= 11 is 0. The summed E-state index contributed by atoms with van der Waals surface area (Å²) in [7, 11) is 2.19. The fourth-order valence-electron chi connectivity index (χ4n) is 2.02. The predicted molar refractivity (Wildman–Crippen MR) is 69.0 cm³/mol. The van der Waals surface area contributed by atoms with Crippen molar-refractivity contribution in [1.82, 2.24) is 15.2 Å². The molecule has 1 aliphatic rings. The van der Waals surface area contributed by atoms with Crippen LogP contribution in [0.2, 0.25) is 0 Å². The van der Waals surface area contributed by atoms with E-state index in [1.807, 2.05) is 13.1 Å². The molecule has 0 saturated carbocycles. The first-order valence-electron chi connectivity index (χ1n) is 5.58. The zero-order valence-electron chi connectivity index (χ0n) is 9.94. The molecule has 2 heterocycles. The Kier molecular flexibility index (Phi) is 5.19. The number of aryl methyl sites for hydroxylation is 1. The molecule has 0 aliphatic carbocycles. The highest BCUT2D eigenvalue weighted by molar-refractivity contribution is 5.85. The lowest BCUT2D eigenvalue weighted by atomic mass is 10.2. The molecular formula is C12H20ClN3. The van der Waals surface area contributed by atoms with Crippen LogP contribution in [-0.2, 0) is 6.54 Å². The molecule has 0 bridgehead atoms. The van der Waals surface area contributed by atoms with Crippen molar-refractivity contribution in [3.05, 3.63) is 29.6 Å². The summed E-state index contributed by atoms with van der Waals surface area (Å²) in [5.74, 6) is 0. The molecule has 0 spiro atoms. The van der Waals surface area contributed by atoms with E-state index < -0.39 is 0 Å². The zero-order chi connectivity index (χ0) is 10.7. The number of likely N-dealkylation sites (N-methyl/N-ethyl adjacent to an activating group) is 1. The lowest BCUT2D eigenvalue weighted by molar-refractivity contribution is 0.248. The van der Waals surface area contributed by atoms with Crippen LogP contribution in [0.25, 0.3) is 0 Å². The van der Waals surface area contributed by atoms with E-state index in [9.17, 15) is 0 Å². The van der Waals surface area contributed by atoms with Gasteiger partial charge in [0, 0.05) is 31.0 Å². The highest BCUT2D eigenvalue weighted by Gasteiger charge is 2.18. The second-order valence-electron chi connectivity index (χ2n) is 4.37. The molecule has 1 saturated heterocycles. The highest BCUT2D eigenvalue weighted by Crippen LogP contribution is 2.10. The van der Waals surface area contributed by atoms with Gasteiger partial charge in [-0.2, -0.15) is 0 Å². The van der Waals surface area contributed by atoms with Crippen LogP contribution in [0.15, 0.2) is 18.3 Å². The van der Waals surface area contributed by atoms with E-state index in [1.165, 1.54) is 12.0 Å². The Morgan fingerprint density at radius 3 is 2.88 bits per heavy atom. The van der Waals surface area contributed by atoms with Gasteiger partial charge in [0.1, 0.15) is 0 Å². The van der Waals surface area contributed by atoms with Crippen molar-refractivity contribution in [1.29, 1.82) is 0 Å². The number of hydrogen-bond acceptors (Lipinski definition) is 3. The molecule has 1 atom stereocenters. The number of nitrogens with one attached hydrogen (secondary N) is 1. The van der Waals surface area contributed by atoms with Crippen LogP contribution in [0.3, 0.4) is 0 Å². The van der Waals surface area contributed by atoms with Crippen molar-refractivity contribution in [2.75, 3.05) is 20.1 Å². The van der Waals surface area contributed by atoms with Crippen LogP contribution in [0.5, 0.6) is 0 Å². The maximum absolute atomic E-state index is 4.32. The van der Waals surface area contributed by atoms with Gasteiger partial charge in [0.2, 0.25) is 0 Å². The molecule has 1 aromatic rings. The minimum atomic E-state index is 0. The van der Waals surface area contributed by atoms with Gasteiger partial charge in [-0.05, 0) is 38.6 Å². The molecule has 2 rings (SSSR count). The summed E-state index contributed by atoms with van der Waals surface area (Å²) in [4.78, 5) is 6.73. The first kappa shape index (κ1) is 13.4. The Balaban J connectivity index is 0.00000128. The number of hydrogen-bond donors (Lipinski definition) is 1. The summed E-state index contributed by atoms with van der Waals surface area (Å²) in [6, 6.07) is 4.93. The minimum Gasteiger partial charge on any atom is -0.315 e. The topological polar surface area (TPSA) is 28.2 Å². The van der Waals surface area contributed by atoms with E-state index in [4.69, 9.17) is 0 Å². The number of pyridine rings is 1. The fraction of sp³-hybridized carbons (Fsp3) is 0.583. The summed E-state index contributed by atoms with van der Waals surface area (Å²) in [5.41, 5.74) is 2.39. The standard InChI is InChI=1S/C12H19N3.ClH/c1-10-3-4-11(7-14-10)9-15(2)12-5-6-13-8-12;/h3-4,7,12-13H,5-6,8-9H2,1-2H3;1H. The van der Waals surface area contributed by atoms with Crippen LogP contribution >= 0.6 is 12.4 Å². The summed E-state index contributed by atoms with van der Waals surface area (Å²) in [5, 5.41) is 3.39. The zero-order valence-corrected chi connectivity index (χ0v) is 10.8. The van der Waals surface area contributed by atoms with Crippen molar-refractivity contribution >= 4 is 12.4 Å². The average Bonchev–Trinajstić information content (AvgIpc) is 2.74. The molecule has 1 fully saturated rings. The summed E-state index contributed by atoms with van der Waals surface area (Å²) < 4.78 is 0. The van der Waals surface area contributed by atoms with Gasteiger partial charge in [-0.15, -0.1) is 12.4 Å². The lowest BCUT2D eigenvalue weighted by Crippen LogP contribution is -2.32. The maximum Gasteiger partial charge on any atom is 0.0372 e. The first-order valence-corrected chi connectivity index (χ1v) is 5.58. The quantitative estimate of drug-likeness (QED) is 0.872. The van der Waals surface area contributed by atoms with E-state index in [1.54, 1.807) is 0 Å². The molecule has 1 aliphatic heterocycles. The second kappa shape index (κ2) is 6.18. The average molecular weight is 242 g/mol. The van der Waals surface area contributed by atoms with Crippen molar-refractivity contribution in [2.45, 2.75) is 25.9 Å². The number of nitrogens with zero attached hydrogens (tertiary/aromatic N) is 2. The third-order valence-corrected chi connectivity index (χ3v) is 3.06. The van der Waals surface area contributed by atoms with E-state index in [0.29, 0.717) is 6.04 Å². The molecule has 0 aromatic carbocycles. The van der Waals surface area contributed by atoms with Gasteiger partial charge in [-0.3, -0.25) is 9.88 Å². The Bertz CT molecular complexity index is 307. The van der Waals surface area contributed by atoms with Crippen molar-refractivity contribution in [3.8, 4) is 0 Å². The molecule has 90 valence electrons. The molecule has 3 nitrogen and oxygen atoms in total.